The Labute approximate surface area is 466 Å². The summed E-state index contributed by atoms with van der Waals surface area (Å²) in [6.45, 7) is 0. The van der Waals surface area contributed by atoms with Gasteiger partial charge in [-0.05, 0) is 121 Å². The molecule has 6 nitrogen and oxygen atoms in total. The van der Waals surface area contributed by atoms with Crippen LogP contribution in [0.15, 0.2) is 279 Å². The fourth-order valence-electron chi connectivity index (χ4n) is 11.9. The van der Waals surface area contributed by atoms with E-state index in [-0.39, 0.29) is 0 Å². The zero-order chi connectivity index (χ0) is 53.4. The van der Waals surface area contributed by atoms with Crippen molar-refractivity contribution < 1.29 is 0 Å². The minimum Gasteiger partial charge on any atom is -0.292 e. The van der Waals surface area contributed by atoms with Crippen LogP contribution in [0.3, 0.4) is 0 Å². The highest BCUT2D eigenvalue weighted by Gasteiger charge is 2.24. The summed E-state index contributed by atoms with van der Waals surface area (Å²) in [4.78, 5) is 28.0. The number of nitrogens with zero attached hydrogens (tertiary/aromatic N) is 6. The normalized spacial score (nSPS) is 11.7. The van der Waals surface area contributed by atoms with Crippen LogP contribution in [0.5, 0.6) is 0 Å². The maximum Gasteiger partial charge on any atom is 0.160 e. The standard InChI is InChI=1S/C75H46N6/c1-2-24-62(25-3-1)81-72-66-29-15-13-27-64(66)63-26-12-14-28-65(63)71(72)80-75(81)61-43-59(73-76-67(55-34-30-47-16-4-8-20-51(47)38-55)45-68(77-73)56-35-31-48-17-5-9-21-52(48)39-56)42-60(44-61)74-78-69(57-36-32-49-18-6-10-22-53(49)40-57)46-70(79-74)58-37-33-50-19-7-11-23-54(50)41-58/h1-46H. The summed E-state index contributed by atoms with van der Waals surface area (Å²) < 4.78 is 2.33. The van der Waals surface area contributed by atoms with Crippen LogP contribution in [0.2, 0.25) is 0 Å². The Bertz CT molecular complexity index is 4780. The van der Waals surface area contributed by atoms with Crippen molar-refractivity contribution in [2.75, 3.05) is 0 Å². The molecule has 3 aromatic heterocycles. The van der Waals surface area contributed by atoms with Gasteiger partial charge >= 0.3 is 0 Å². The van der Waals surface area contributed by atoms with E-state index < -0.39 is 0 Å². The Kier molecular flexibility index (Phi) is 10.8. The molecule has 16 aromatic rings. The third-order valence-electron chi connectivity index (χ3n) is 15.9. The van der Waals surface area contributed by atoms with Gasteiger partial charge < -0.3 is 0 Å². The van der Waals surface area contributed by atoms with Crippen LogP contribution in [0.4, 0.5) is 0 Å². The van der Waals surface area contributed by atoms with Gasteiger partial charge in [0.15, 0.2) is 11.6 Å². The highest BCUT2D eigenvalue weighted by atomic mass is 15.1. The van der Waals surface area contributed by atoms with Crippen molar-refractivity contribution in [1.82, 2.24) is 29.5 Å². The largest absolute Gasteiger partial charge is 0.292 e. The van der Waals surface area contributed by atoms with E-state index in [4.69, 9.17) is 24.9 Å². The number of para-hydroxylation sites is 1. The average molecular weight is 1030 g/mol. The fourth-order valence-corrected chi connectivity index (χ4v) is 11.9. The molecule has 3 heterocycles. The molecule has 81 heavy (non-hydrogen) atoms. The molecule has 16 rings (SSSR count). The van der Waals surface area contributed by atoms with Gasteiger partial charge in [0.2, 0.25) is 0 Å². The third kappa shape index (κ3) is 8.16. The van der Waals surface area contributed by atoms with Crippen molar-refractivity contribution in [3.8, 4) is 84.9 Å². The molecule has 6 heteroatoms. The summed E-state index contributed by atoms with van der Waals surface area (Å²) in [7, 11) is 0. The lowest BCUT2D eigenvalue weighted by Gasteiger charge is -2.15. The van der Waals surface area contributed by atoms with Crippen LogP contribution >= 0.6 is 0 Å². The second-order valence-corrected chi connectivity index (χ2v) is 20.9. The first kappa shape index (κ1) is 46.2. The van der Waals surface area contributed by atoms with Gasteiger partial charge in [0.05, 0.1) is 33.8 Å². The molecular formula is C75H46N6. The van der Waals surface area contributed by atoms with E-state index in [2.05, 4.69) is 284 Å². The van der Waals surface area contributed by atoms with E-state index >= 15 is 0 Å². The highest BCUT2D eigenvalue weighted by Crippen LogP contribution is 2.42. The number of aromatic nitrogens is 6. The molecule has 0 aliphatic rings. The van der Waals surface area contributed by atoms with Crippen LogP contribution in [-0.4, -0.2) is 29.5 Å². The third-order valence-corrected chi connectivity index (χ3v) is 15.9. The predicted octanol–water partition coefficient (Wildman–Crippen LogP) is 19.2. The lowest BCUT2D eigenvalue weighted by molar-refractivity contribution is 1.10. The first-order valence-electron chi connectivity index (χ1n) is 27.4. The van der Waals surface area contributed by atoms with Crippen LogP contribution in [0, 0.1) is 0 Å². The summed E-state index contributed by atoms with van der Waals surface area (Å²) >= 11 is 0. The number of benzene rings is 13. The van der Waals surface area contributed by atoms with E-state index in [0.29, 0.717) is 11.6 Å². The Morgan fingerprint density at radius 1 is 0.222 bits per heavy atom. The topological polar surface area (TPSA) is 69.4 Å². The van der Waals surface area contributed by atoms with Gasteiger partial charge in [-0.1, -0.05) is 212 Å². The van der Waals surface area contributed by atoms with Crippen molar-refractivity contribution in [2.45, 2.75) is 0 Å². The number of rotatable bonds is 8. The van der Waals surface area contributed by atoms with E-state index in [1.54, 1.807) is 0 Å². The molecule has 0 aliphatic heterocycles. The molecule has 0 saturated heterocycles. The molecule has 0 atom stereocenters. The van der Waals surface area contributed by atoms with Crippen molar-refractivity contribution in [1.29, 1.82) is 0 Å². The van der Waals surface area contributed by atoms with Crippen molar-refractivity contribution >= 4 is 75.7 Å². The van der Waals surface area contributed by atoms with Crippen molar-refractivity contribution in [3.63, 3.8) is 0 Å². The Hall–Kier alpha value is -11.0. The first-order chi connectivity index (χ1) is 40.1. The fraction of sp³-hybridized carbons (Fsp3) is 0. The Balaban J connectivity index is 1.000. The quantitative estimate of drug-likeness (QED) is 0.142. The van der Waals surface area contributed by atoms with Crippen LogP contribution in [0.1, 0.15) is 0 Å². The maximum atomic E-state index is 5.76. The molecular weight excluding hydrogens is 985 g/mol. The lowest BCUT2D eigenvalue weighted by atomic mass is 9.99. The molecule has 13 aromatic carbocycles. The number of imidazole rings is 1. The van der Waals surface area contributed by atoms with Crippen molar-refractivity contribution in [3.05, 3.63) is 279 Å². The molecule has 0 spiro atoms. The molecule has 0 N–H and O–H groups in total. The summed E-state index contributed by atoms with van der Waals surface area (Å²) in [5.74, 6) is 1.89. The van der Waals surface area contributed by atoms with Gasteiger partial charge in [-0.3, -0.25) is 4.57 Å². The predicted molar refractivity (Wildman–Crippen MR) is 335 cm³/mol. The van der Waals surface area contributed by atoms with Crippen LogP contribution in [-0.2, 0) is 0 Å². The molecule has 0 saturated carbocycles. The zero-order valence-electron chi connectivity index (χ0n) is 43.7. The van der Waals surface area contributed by atoms with Crippen molar-refractivity contribution in [2.24, 2.45) is 0 Å². The van der Waals surface area contributed by atoms with Crippen LogP contribution < -0.4 is 0 Å². The Morgan fingerprint density at radius 3 is 0.975 bits per heavy atom. The van der Waals surface area contributed by atoms with Gasteiger partial charge in [0.25, 0.3) is 0 Å². The molecule has 0 bridgehead atoms. The van der Waals surface area contributed by atoms with E-state index in [1.807, 2.05) is 0 Å². The number of hydrogen-bond acceptors (Lipinski definition) is 5. The zero-order valence-corrected chi connectivity index (χ0v) is 43.7. The van der Waals surface area contributed by atoms with Gasteiger partial charge in [0, 0.05) is 55.4 Å². The molecule has 0 fully saturated rings. The first-order valence-corrected chi connectivity index (χ1v) is 27.4. The number of hydrogen-bond donors (Lipinski definition) is 0. The van der Waals surface area contributed by atoms with Gasteiger partial charge in [0.1, 0.15) is 5.82 Å². The molecule has 0 unspecified atom stereocenters. The molecule has 0 radical (unpaired) electrons. The molecule has 376 valence electrons. The smallest absolute Gasteiger partial charge is 0.160 e. The number of fused-ring (bicyclic) bond motifs is 10. The SMILES string of the molecule is c1ccc(-n2c(-c3cc(-c4nc(-c5ccc6ccccc6c5)cc(-c5ccc6ccccc6c5)n4)cc(-c4nc(-c5ccc6ccccc6c5)cc(-c5ccc6ccccc6c5)n4)c3)nc3c4ccccc4c4ccccc4c32)cc1. The van der Waals surface area contributed by atoms with E-state index in [9.17, 15) is 0 Å². The second kappa shape index (κ2) is 18.9. The molecule has 0 amide bonds. The lowest BCUT2D eigenvalue weighted by Crippen LogP contribution is -2.01. The summed E-state index contributed by atoms with van der Waals surface area (Å²) in [6.07, 6.45) is 0. The highest BCUT2D eigenvalue weighted by molar-refractivity contribution is 6.24. The average Bonchev–Trinajstić information content (AvgIpc) is 4.21. The summed E-state index contributed by atoms with van der Waals surface area (Å²) in [5, 5.41) is 13.7. The summed E-state index contributed by atoms with van der Waals surface area (Å²) in [6, 6.07) is 98.9. The minimum atomic E-state index is 0.561. The maximum absolute atomic E-state index is 5.76. The van der Waals surface area contributed by atoms with Crippen LogP contribution in [0.25, 0.3) is 161 Å². The van der Waals surface area contributed by atoms with E-state index in [1.165, 1.54) is 26.9 Å². The van der Waals surface area contributed by atoms with Gasteiger partial charge in [-0.25, -0.2) is 24.9 Å². The minimum absolute atomic E-state index is 0.561. The summed E-state index contributed by atoms with van der Waals surface area (Å²) in [5.41, 5.74) is 12.6. The van der Waals surface area contributed by atoms with E-state index in [0.717, 1.165) is 122 Å². The Morgan fingerprint density at radius 2 is 0.556 bits per heavy atom. The monoisotopic (exact) mass is 1030 g/mol. The van der Waals surface area contributed by atoms with Gasteiger partial charge in [-0.2, -0.15) is 0 Å². The van der Waals surface area contributed by atoms with Gasteiger partial charge in [-0.15, -0.1) is 0 Å². The molecule has 0 aliphatic carbocycles. The second-order valence-electron chi connectivity index (χ2n) is 20.9.